The van der Waals surface area contributed by atoms with Crippen LogP contribution in [0, 0.1) is 0 Å². The first-order chi connectivity index (χ1) is 7.34. The van der Waals surface area contributed by atoms with Crippen molar-refractivity contribution in [1.29, 1.82) is 0 Å². The molecule has 0 bridgehead atoms. The van der Waals surface area contributed by atoms with Crippen LogP contribution in [0.5, 0.6) is 0 Å². The van der Waals surface area contributed by atoms with E-state index in [4.69, 9.17) is 10.5 Å². The molecular formula is C11H12N2OS. The van der Waals surface area contributed by atoms with E-state index in [-0.39, 0.29) is 0 Å². The highest BCUT2D eigenvalue weighted by atomic mass is 32.1. The van der Waals surface area contributed by atoms with Gasteiger partial charge in [0, 0.05) is 11.9 Å². The Hall–Kier alpha value is -1.39. The molecule has 1 aromatic heterocycles. The van der Waals surface area contributed by atoms with Crippen molar-refractivity contribution in [2.75, 3.05) is 5.73 Å². The number of anilines is 1. The quantitative estimate of drug-likeness (QED) is 0.805. The summed E-state index contributed by atoms with van der Waals surface area (Å²) in [5, 5.41) is 0. The molecule has 2 rings (SSSR count). The van der Waals surface area contributed by atoms with Crippen molar-refractivity contribution in [3.63, 3.8) is 0 Å². The van der Waals surface area contributed by atoms with Crippen LogP contribution in [-0.2, 0) is 18.0 Å². The van der Waals surface area contributed by atoms with Crippen LogP contribution in [-0.4, -0.2) is 4.98 Å². The number of thiazole rings is 1. The average molecular weight is 220 g/mol. The second-order valence-corrected chi connectivity index (χ2v) is 4.17. The van der Waals surface area contributed by atoms with Gasteiger partial charge in [0.25, 0.3) is 0 Å². The molecule has 0 unspecified atom stereocenters. The van der Waals surface area contributed by atoms with Crippen molar-refractivity contribution in [3.8, 4) is 0 Å². The largest absolute Gasteiger partial charge is 0.399 e. The minimum atomic E-state index is 0.609. The van der Waals surface area contributed by atoms with Crippen LogP contribution in [0.15, 0.2) is 36.0 Å². The summed E-state index contributed by atoms with van der Waals surface area (Å²) in [6.45, 7) is 1.23. The van der Waals surface area contributed by atoms with Crippen LogP contribution >= 0.6 is 11.3 Å². The van der Waals surface area contributed by atoms with Crippen molar-refractivity contribution in [2.45, 2.75) is 13.2 Å². The van der Waals surface area contributed by atoms with E-state index in [9.17, 15) is 0 Å². The van der Waals surface area contributed by atoms with Crippen LogP contribution in [0.25, 0.3) is 0 Å². The van der Waals surface area contributed by atoms with E-state index in [0.29, 0.717) is 13.2 Å². The maximum Gasteiger partial charge on any atom is 0.0830 e. The lowest BCUT2D eigenvalue weighted by atomic mass is 10.2. The predicted molar refractivity (Wildman–Crippen MR) is 61.5 cm³/mol. The van der Waals surface area contributed by atoms with E-state index in [1.54, 1.807) is 11.3 Å². The third-order valence-corrected chi connectivity index (χ3v) is 2.73. The standard InChI is InChI=1S/C11H12N2OS/c12-10-3-1-9(2-4-10)6-14-7-11-5-13-8-15-11/h1-5,8H,6-7,12H2. The van der Waals surface area contributed by atoms with Gasteiger partial charge in [0.1, 0.15) is 0 Å². The average Bonchev–Trinajstić information content (AvgIpc) is 2.74. The molecule has 4 heteroatoms. The lowest BCUT2D eigenvalue weighted by molar-refractivity contribution is 0.109. The number of nitrogens with zero attached hydrogens (tertiary/aromatic N) is 1. The summed E-state index contributed by atoms with van der Waals surface area (Å²) in [7, 11) is 0. The van der Waals surface area contributed by atoms with E-state index in [2.05, 4.69) is 4.98 Å². The number of hydrogen-bond donors (Lipinski definition) is 1. The van der Waals surface area contributed by atoms with E-state index in [1.807, 2.05) is 36.0 Å². The summed E-state index contributed by atoms with van der Waals surface area (Å²) in [5.41, 5.74) is 9.30. The second kappa shape index (κ2) is 4.91. The van der Waals surface area contributed by atoms with Gasteiger partial charge in [-0.15, -0.1) is 11.3 Å². The zero-order chi connectivity index (χ0) is 10.5. The molecule has 0 fully saturated rings. The molecule has 2 N–H and O–H groups in total. The van der Waals surface area contributed by atoms with Gasteiger partial charge in [-0.1, -0.05) is 12.1 Å². The third-order valence-electron chi connectivity index (χ3n) is 1.98. The van der Waals surface area contributed by atoms with Crippen LogP contribution in [0.1, 0.15) is 10.4 Å². The number of aromatic nitrogens is 1. The molecule has 3 nitrogen and oxygen atoms in total. The lowest BCUT2D eigenvalue weighted by Gasteiger charge is -2.02. The van der Waals surface area contributed by atoms with Gasteiger partial charge in [-0.3, -0.25) is 4.98 Å². The minimum Gasteiger partial charge on any atom is -0.399 e. The molecule has 0 saturated heterocycles. The molecule has 78 valence electrons. The molecule has 0 atom stereocenters. The molecule has 0 aliphatic rings. The van der Waals surface area contributed by atoms with E-state index < -0.39 is 0 Å². The van der Waals surface area contributed by atoms with Gasteiger partial charge < -0.3 is 10.5 Å². The molecule has 1 heterocycles. The summed E-state index contributed by atoms with van der Waals surface area (Å²) >= 11 is 1.60. The monoisotopic (exact) mass is 220 g/mol. The van der Waals surface area contributed by atoms with Crippen molar-refractivity contribution >= 4 is 17.0 Å². The Kier molecular flexibility index (Phi) is 3.32. The Morgan fingerprint density at radius 1 is 1.20 bits per heavy atom. The summed E-state index contributed by atoms with van der Waals surface area (Å²) in [5.74, 6) is 0. The summed E-state index contributed by atoms with van der Waals surface area (Å²) in [6, 6.07) is 7.71. The SMILES string of the molecule is Nc1ccc(COCc2cncs2)cc1. The van der Waals surface area contributed by atoms with Crippen LogP contribution in [0.4, 0.5) is 5.69 Å². The van der Waals surface area contributed by atoms with Gasteiger partial charge in [-0.05, 0) is 17.7 Å². The number of nitrogen functional groups attached to an aromatic ring is 1. The molecule has 0 amide bonds. The first-order valence-corrected chi connectivity index (χ1v) is 5.52. The third kappa shape index (κ3) is 3.04. The van der Waals surface area contributed by atoms with E-state index >= 15 is 0 Å². The highest BCUT2D eigenvalue weighted by molar-refractivity contribution is 7.09. The summed E-state index contributed by atoms with van der Waals surface area (Å²) in [6.07, 6.45) is 1.83. The number of hydrogen-bond acceptors (Lipinski definition) is 4. The number of rotatable bonds is 4. The Bertz CT molecular complexity index is 397. The van der Waals surface area contributed by atoms with Gasteiger partial charge in [0.2, 0.25) is 0 Å². The van der Waals surface area contributed by atoms with E-state index in [1.165, 1.54) is 0 Å². The van der Waals surface area contributed by atoms with Gasteiger partial charge in [0.05, 0.1) is 23.6 Å². The molecule has 0 aliphatic carbocycles. The normalized spacial score (nSPS) is 10.4. The number of nitrogens with two attached hydrogens (primary N) is 1. The van der Waals surface area contributed by atoms with Gasteiger partial charge in [0.15, 0.2) is 0 Å². The first kappa shape index (κ1) is 10.1. The molecule has 2 aromatic rings. The molecule has 0 radical (unpaired) electrons. The van der Waals surface area contributed by atoms with Crippen molar-refractivity contribution in [3.05, 3.63) is 46.4 Å². The van der Waals surface area contributed by atoms with Gasteiger partial charge in [-0.2, -0.15) is 0 Å². The highest BCUT2D eigenvalue weighted by Gasteiger charge is 1.96. The Morgan fingerprint density at radius 3 is 2.67 bits per heavy atom. The molecular weight excluding hydrogens is 208 g/mol. The topological polar surface area (TPSA) is 48.1 Å². The smallest absolute Gasteiger partial charge is 0.0830 e. The molecule has 0 spiro atoms. The van der Waals surface area contributed by atoms with Gasteiger partial charge in [-0.25, -0.2) is 0 Å². The summed E-state index contributed by atoms with van der Waals surface area (Å²) < 4.78 is 5.53. The van der Waals surface area contributed by atoms with Crippen molar-refractivity contribution in [2.24, 2.45) is 0 Å². The van der Waals surface area contributed by atoms with Crippen molar-refractivity contribution in [1.82, 2.24) is 4.98 Å². The van der Waals surface area contributed by atoms with Crippen molar-refractivity contribution < 1.29 is 4.74 Å². The molecule has 0 saturated carbocycles. The maximum atomic E-state index is 5.59. The zero-order valence-corrected chi connectivity index (χ0v) is 9.04. The Balaban J connectivity index is 1.81. The fourth-order valence-corrected chi connectivity index (χ4v) is 1.73. The van der Waals surface area contributed by atoms with E-state index in [0.717, 1.165) is 16.1 Å². The Morgan fingerprint density at radius 2 is 2.00 bits per heavy atom. The fraction of sp³-hybridized carbons (Fsp3) is 0.182. The highest BCUT2D eigenvalue weighted by Crippen LogP contribution is 2.10. The molecule has 0 aliphatic heterocycles. The first-order valence-electron chi connectivity index (χ1n) is 4.64. The van der Waals surface area contributed by atoms with Crippen LogP contribution < -0.4 is 5.73 Å². The zero-order valence-electron chi connectivity index (χ0n) is 8.22. The Labute approximate surface area is 92.5 Å². The lowest BCUT2D eigenvalue weighted by Crippen LogP contribution is -1.93. The molecule has 15 heavy (non-hydrogen) atoms. The van der Waals surface area contributed by atoms with Crippen LogP contribution in [0.3, 0.4) is 0 Å². The predicted octanol–water partition coefficient (Wildman–Crippen LogP) is 2.44. The van der Waals surface area contributed by atoms with Crippen LogP contribution in [0.2, 0.25) is 0 Å². The molecule has 1 aromatic carbocycles. The minimum absolute atomic E-state index is 0.609. The summed E-state index contributed by atoms with van der Waals surface area (Å²) in [4.78, 5) is 5.13. The second-order valence-electron chi connectivity index (χ2n) is 3.20. The number of ether oxygens (including phenoxy) is 1. The number of benzene rings is 1. The fourth-order valence-electron chi connectivity index (χ4n) is 1.20. The van der Waals surface area contributed by atoms with Gasteiger partial charge >= 0.3 is 0 Å². The maximum absolute atomic E-state index is 5.59.